The maximum atomic E-state index is 13.2. The van der Waals surface area contributed by atoms with Gasteiger partial charge >= 0.3 is 0 Å². The molecule has 2 heterocycles. The molecule has 0 spiro atoms. The van der Waals surface area contributed by atoms with E-state index in [0.717, 1.165) is 24.9 Å². The minimum Gasteiger partial charge on any atom is -0.337 e. The standard InChI is InChI=1S/C13H14FN3O/c1-8-4-5-9(14)7-10(8)12-16-13(18-17-12)11-3-2-6-15-11/h4-5,7,11,15H,2-3,6H2,1H3. The van der Waals surface area contributed by atoms with E-state index in [1.807, 2.05) is 6.92 Å². The summed E-state index contributed by atoms with van der Waals surface area (Å²) in [7, 11) is 0. The Bertz CT molecular complexity index is 561. The van der Waals surface area contributed by atoms with Crippen LogP contribution >= 0.6 is 0 Å². The molecular weight excluding hydrogens is 233 g/mol. The van der Waals surface area contributed by atoms with E-state index in [0.29, 0.717) is 17.3 Å². The first-order chi connectivity index (χ1) is 8.74. The summed E-state index contributed by atoms with van der Waals surface area (Å²) in [6, 6.07) is 4.72. The van der Waals surface area contributed by atoms with E-state index in [1.165, 1.54) is 12.1 Å². The molecule has 1 aliphatic heterocycles. The molecule has 5 heteroatoms. The molecule has 0 amide bonds. The van der Waals surface area contributed by atoms with Crippen LogP contribution in [0.15, 0.2) is 22.7 Å². The summed E-state index contributed by atoms with van der Waals surface area (Å²) < 4.78 is 18.5. The summed E-state index contributed by atoms with van der Waals surface area (Å²) >= 11 is 0. The van der Waals surface area contributed by atoms with Gasteiger partial charge in [0.05, 0.1) is 6.04 Å². The van der Waals surface area contributed by atoms with Crippen LogP contribution in [0.1, 0.15) is 30.3 Å². The molecule has 0 radical (unpaired) electrons. The fourth-order valence-corrected chi connectivity index (χ4v) is 2.22. The quantitative estimate of drug-likeness (QED) is 0.886. The fourth-order valence-electron chi connectivity index (χ4n) is 2.22. The molecule has 1 saturated heterocycles. The van der Waals surface area contributed by atoms with Crippen LogP contribution in [0.25, 0.3) is 11.4 Å². The Labute approximate surface area is 104 Å². The predicted molar refractivity (Wildman–Crippen MR) is 64.4 cm³/mol. The molecule has 0 saturated carbocycles. The first-order valence-electron chi connectivity index (χ1n) is 6.07. The van der Waals surface area contributed by atoms with Gasteiger partial charge in [0.25, 0.3) is 0 Å². The van der Waals surface area contributed by atoms with E-state index in [-0.39, 0.29) is 11.9 Å². The lowest BCUT2D eigenvalue weighted by Gasteiger charge is -2.02. The number of aryl methyl sites for hydroxylation is 1. The molecule has 1 N–H and O–H groups in total. The highest BCUT2D eigenvalue weighted by Crippen LogP contribution is 2.26. The number of aromatic nitrogens is 2. The second kappa shape index (κ2) is 4.49. The zero-order chi connectivity index (χ0) is 12.5. The first kappa shape index (κ1) is 11.3. The van der Waals surface area contributed by atoms with Gasteiger partial charge in [-0.05, 0) is 44.0 Å². The molecule has 1 aromatic carbocycles. The zero-order valence-electron chi connectivity index (χ0n) is 10.1. The van der Waals surface area contributed by atoms with E-state index in [4.69, 9.17) is 4.52 Å². The third-order valence-electron chi connectivity index (χ3n) is 3.24. The summed E-state index contributed by atoms with van der Waals surface area (Å²) in [6.07, 6.45) is 2.12. The molecule has 1 atom stereocenters. The number of benzene rings is 1. The number of nitrogens with zero attached hydrogens (tertiary/aromatic N) is 2. The maximum Gasteiger partial charge on any atom is 0.244 e. The van der Waals surface area contributed by atoms with Crippen molar-refractivity contribution < 1.29 is 8.91 Å². The van der Waals surface area contributed by atoms with Crippen molar-refractivity contribution in [1.82, 2.24) is 15.5 Å². The lowest BCUT2D eigenvalue weighted by atomic mass is 10.1. The van der Waals surface area contributed by atoms with Crippen LogP contribution in [0.3, 0.4) is 0 Å². The molecule has 2 aromatic rings. The largest absolute Gasteiger partial charge is 0.337 e. The smallest absolute Gasteiger partial charge is 0.244 e. The molecule has 0 aliphatic carbocycles. The Balaban J connectivity index is 1.94. The molecule has 0 bridgehead atoms. The highest BCUT2D eigenvalue weighted by atomic mass is 19.1. The van der Waals surface area contributed by atoms with E-state index in [1.54, 1.807) is 6.07 Å². The average Bonchev–Trinajstić information content (AvgIpc) is 3.00. The van der Waals surface area contributed by atoms with E-state index in [2.05, 4.69) is 15.5 Å². The predicted octanol–water partition coefficient (Wildman–Crippen LogP) is 2.61. The number of nitrogens with one attached hydrogen (secondary N) is 1. The van der Waals surface area contributed by atoms with Crippen molar-refractivity contribution in [2.24, 2.45) is 0 Å². The van der Waals surface area contributed by atoms with Crippen LogP contribution in [0.4, 0.5) is 4.39 Å². The van der Waals surface area contributed by atoms with Gasteiger partial charge in [0.2, 0.25) is 11.7 Å². The van der Waals surface area contributed by atoms with Crippen molar-refractivity contribution in [3.05, 3.63) is 35.5 Å². The Morgan fingerprint density at radius 2 is 2.33 bits per heavy atom. The van der Waals surface area contributed by atoms with Gasteiger partial charge in [0, 0.05) is 5.56 Å². The monoisotopic (exact) mass is 247 g/mol. The topological polar surface area (TPSA) is 51.0 Å². The number of rotatable bonds is 2. The molecule has 1 aliphatic rings. The van der Waals surface area contributed by atoms with Gasteiger partial charge in [0.1, 0.15) is 5.82 Å². The molecule has 3 rings (SSSR count). The molecular formula is C13H14FN3O. The Hall–Kier alpha value is -1.75. The minimum absolute atomic E-state index is 0.139. The SMILES string of the molecule is Cc1ccc(F)cc1-c1noc(C2CCCN2)n1. The van der Waals surface area contributed by atoms with Crippen molar-refractivity contribution in [3.8, 4) is 11.4 Å². The van der Waals surface area contributed by atoms with Crippen LogP contribution in [0.2, 0.25) is 0 Å². The summed E-state index contributed by atoms with van der Waals surface area (Å²) in [6.45, 7) is 2.87. The van der Waals surface area contributed by atoms with Crippen molar-refractivity contribution in [3.63, 3.8) is 0 Å². The number of hydrogen-bond donors (Lipinski definition) is 1. The lowest BCUT2D eigenvalue weighted by molar-refractivity contribution is 0.345. The van der Waals surface area contributed by atoms with Gasteiger partial charge in [-0.15, -0.1) is 0 Å². The third kappa shape index (κ3) is 2.01. The lowest BCUT2D eigenvalue weighted by Crippen LogP contribution is -2.12. The highest BCUT2D eigenvalue weighted by molar-refractivity contribution is 5.59. The van der Waals surface area contributed by atoms with Crippen LogP contribution < -0.4 is 5.32 Å². The van der Waals surface area contributed by atoms with Crippen molar-refractivity contribution >= 4 is 0 Å². The summed E-state index contributed by atoms with van der Waals surface area (Å²) in [5.41, 5.74) is 1.62. The van der Waals surface area contributed by atoms with Crippen LogP contribution in [0.5, 0.6) is 0 Å². The van der Waals surface area contributed by atoms with Crippen molar-refractivity contribution in [1.29, 1.82) is 0 Å². The summed E-state index contributed by atoms with van der Waals surface area (Å²) in [5.74, 6) is 0.753. The third-order valence-corrected chi connectivity index (χ3v) is 3.24. The van der Waals surface area contributed by atoms with Gasteiger partial charge in [-0.1, -0.05) is 11.2 Å². The molecule has 4 nitrogen and oxygen atoms in total. The van der Waals surface area contributed by atoms with Crippen molar-refractivity contribution in [2.75, 3.05) is 6.54 Å². The number of hydrogen-bond acceptors (Lipinski definition) is 4. The molecule has 1 unspecified atom stereocenters. The van der Waals surface area contributed by atoms with Crippen LogP contribution in [-0.4, -0.2) is 16.7 Å². The number of halogens is 1. The first-order valence-corrected chi connectivity index (χ1v) is 6.07. The van der Waals surface area contributed by atoms with Crippen LogP contribution in [0, 0.1) is 12.7 Å². The van der Waals surface area contributed by atoms with Gasteiger partial charge in [-0.25, -0.2) is 4.39 Å². The Morgan fingerprint density at radius 1 is 1.44 bits per heavy atom. The van der Waals surface area contributed by atoms with E-state index in [9.17, 15) is 4.39 Å². The normalized spacial score (nSPS) is 19.3. The Morgan fingerprint density at radius 3 is 3.11 bits per heavy atom. The van der Waals surface area contributed by atoms with Gasteiger partial charge in [-0.2, -0.15) is 4.98 Å². The highest BCUT2D eigenvalue weighted by Gasteiger charge is 2.23. The van der Waals surface area contributed by atoms with E-state index < -0.39 is 0 Å². The molecule has 1 fully saturated rings. The van der Waals surface area contributed by atoms with Crippen LogP contribution in [-0.2, 0) is 0 Å². The van der Waals surface area contributed by atoms with Crippen molar-refractivity contribution in [2.45, 2.75) is 25.8 Å². The molecule has 1 aromatic heterocycles. The fraction of sp³-hybridized carbons (Fsp3) is 0.385. The second-order valence-electron chi connectivity index (χ2n) is 4.56. The van der Waals surface area contributed by atoms with Gasteiger partial charge in [-0.3, -0.25) is 0 Å². The second-order valence-corrected chi connectivity index (χ2v) is 4.56. The van der Waals surface area contributed by atoms with Gasteiger partial charge in [0.15, 0.2) is 0 Å². The maximum absolute atomic E-state index is 13.2. The molecule has 94 valence electrons. The van der Waals surface area contributed by atoms with Gasteiger partial charge < -0.3 is 9.84 Å². The molecule has 18 heavy (non-hydrogen) atoms. The minimum atomic E-state index is -0.291. The zero-order valence-corrected chi connectivity index (χ0v) is 10.1. The van der Waals surface area contributed by atoms with E-state index >= 15 is 0 Å². The summed E-state index contributed by atoms with van der Waals surface area (Å²) in [4.78, 5) is 4.36. The Kier molecular flexibility index (Phi) is 2.83. The summed E-state index contributed by atoms with van der Waals surface area (Å²) in [5, 5.41) is 7.23. The average molecular weight is 247 g/mol.